The summed E-state index contributed by atoms with van der Waals surface area (Å²) in [6, 6.07) is 8.44. The number of nitrogens with zero attached hydrogens (tertiary/aromatic N) is 1. The second-order valence-electron chi connectivity index (χ2n) is 3.72. The van der Waals surface area contributed by atoms with E-state index in [9.17, 15) is 0 Å². The van der Waals surface area contributed by atoms with E-state index in [1.165, 1.54) is 10.5 Å². The summed E-state index contributed by atoms with van der Waals surface area (Å²) in [7, 11) is 0. The van der Waals surface area contributed by atoms with E-state index in [0.717, 1.165) is 24.7 Å². The largest absolute Gasteiger partial charge is 0.360 e. The molecule has 0 aliphatic heterocycles. The molecule has 2 nitrogen and oxygen atoms in total. The number of nitrogens with one attached hydrogen (secondary N) is 1. The van der Waals surface area contributed by atoms with Crippen LogP contribution in [0.25, 0.3) is 0 Å². The van der Waals surface area contributed by atoms with Crippen LogP contribution in [0.1, 0.15) is 19.4 Å². The normalized spacial score (nSPS) is 10.2. The minimum atomic E-state index is 0.719. The maximum atomic E-state index is 7.95. The summed E-state index contributed by atoms with van der Waals surface area (Å²) >= 11 is 1.74. The van der Waals surface area contributed by atoms with Gasteiger partial charge in [0, 0.05) is 18.0 Å². The Morgan fingerprint density at radius 1 is 1.31 bits per heavy atom. The van der Waals surface area contributed by atoms with Crippen LogP contribution in [-0.4, -0.2) is 29.6 Å². The third-order valence-electron chi connectivity index (χ3n) is 2.51. The first-order valence-electron chi connectivity index (χ1n) is 5.69. The quantitative estimate of drug-likeness (QED) is 0.482. The summed E-state index contributed by atoms with van der Waals surface area (Å²) in [6.07, 6.45) is 0. The van der Waals surface area contributed by atoms with E-state index in [4.69, 9.17) is 5.41 Å². The zero-order chi connectivity index (χ0) is 12.0. The van der Waals surface area contributed by atoms with Crippen molar-refractivity contribution in [2.24, 2.45) is 0 Å². The lowest BCUT2D eigenvalue weighted by Gasteiger charge is -2.21. The van der Waals surface area contributed by atoms with Crippen LogP contribution in [0, 0.1) is 12.3 Å². The lowest BCUT2D eigenvalue weighted by atomic mass is 10.2. The van der Waals surface area contributed by atoms with Gasteiger partial charge in [0.2, 0.25) is 0 Å². The van der Waals surface area contributed by atoms with Gasteiger partial charge in [-0.2, -0.15) is 0 Å². The van der Waals surface area contributed by atoms with Gasteiger partial charge in [0.05, 0.1) is 5.75 Å². The fourth-order valence-electron chi connectivity index (χ4n) is 1.55. The third-order valence-corrected chi connectivity index (χ3v) is 3.52. The molecule has 0 heterocycles. The lowest BCUT2D eigenvalue weighted by molar-refractivity contribution is 0.461. The summed E-state index contributed by atoms with van der Waals surface area (Å²) in [5.74, 6) is 1.47. The average molecular weight is 236 g/mol. The summed E-state index contributed by atoms with van der Waals surface area (Å²) in [6.45, 7) is 8.12. The number of hydrogen-bond acceptors (Lipinski definition) is 2. The number of benzene rings is 1. The minimum absolute atomic E-state index is 0.719. The van der Waals surface area contributed by atoms with E-state index < -0.39 is 0 Å². The summed E-state index contributed by atoms with van der Waals surface area (Å²) in [5, 5.41) is 7.95. The molecule has 0 amide bonds. The zero-order valence-corrected chi connectivity index (χ0v) is 11.1. The molecule has 0 saturated carbocycles. The van der Waals surface area contributed by atoms with Crippen LogP contribution in [0.15, 0.2) is 29.2 Å². The Kier molecular flexibility index (Phi) is 5.39. The van der Waals surface area contributed by atoms with Gasteiger partial charge in [-0.05, 0) is 32.9 Å². The van der Waals surface area contributed by atoms with Gasteiger partial charge in [0.15, 0.2) is 0 Å². The standard InChI is InChI=1S/C13H20N2S/c1-4-15(5-2)13(14)10-16-12-8-6-7-11(3)9-12/h6-9,14H,4-5,10H2,1-3H3. The summed E-state index contributed by atoms with van der Waals surface area (Å²) < 4.78 is 0. The van der Waals surface area contributed by atoms with Gasteiger partial charge >= 0.3 is 0 Å². The van der Waals surface area contributed by atoms with E-state index in [-0.39, 0.29) is 0 Å². The first-order valence-corrected chi connectivity index (χ1v) is 6.67. The van der Waals surface area contributed by atoms with Crippen molar-refractivity contribution in [1.82, 2.24) is 4.90 Å². The molecule has 16 heavy (non-hydrogen) atoms. The molecule has 0 atom stereocenters. The van der Waals surface area contributed by atoms with Crippen molar-refractivity contribution in [3.63, 3.8) is 0 Å². The van der Waals surface area contributed by atoms with Crippen LogP contribution in [0.5, 0.6) is 0 Å². The predicted octanol–water partition coefficient (Wildman–Crippen LogP) is 3.41. The summed E-state index contributed by atoms with van der Waals surface area (Å²) in [4.78, 5) is 3.33. The van der Waals surface area contributed by atoms with Crippen molar-refractivity contribution in [2.75, 3.05) is 18.8 Å². The number of hydrogen-bond donors (Lipinski definition) is 1. The van der Waals surface area contributed by atoms with Crippen LogP contribution in [0.2, 0.25) is 0 Å². The number of amidine groups is 1. The highest BCUT2D eigenvalue weighted by molar-refractivity contribution is 8.00. The lowest BCUT2D eigenvalue weighted by Crippen LogP contribution is -2.31. The molecule has 1 aromatic carbocycles. The van der Waals surface area contributed by atoms with Crippen LogP contribution >= 0.6 is 11.8 Å². The highest BCUT2D eigenvalue weighted by atomic mass is 32.2. The van der Waals surface area contributed by atoms with Gasteiger partial charge in [-0.1, -0.05) is 17.7 Å². The number of thioether (sulfide) groups is 1. The SMILES string of the molecule is CCN(CC)C(=N)CSc1cccc(C)c1. The molecule has 88 valence electrons. The molecule has 0 aromatic heterocycles. The van der Waals surface area contributed by atoms with E-state index in [0.29, 0.717) is 0 Å². The van der Waals surface area contributed by atoms with E-state index in [2.05, 4.69) is 49.9 Å². The third kappa shape index (κ3) is 3.89. The topological polar surface area (TPSA) is 27.1 Å². The van der Waals surface area contributed by atoms with Crippen LogP contribution in [0.3, 0.4) is 0 Å². The van der Waals surface area contributed by atoms with Gasteiger partial charge in [0.1, 0.15) is 5.84 Å². The van der Waals surface area contributed by atoms with Gasteiger partial charge in [-0.25, -0.2) is 0 Å². The molecule has 0 spiro atoms. The first kappa shape index (κ1) is 13.1. The van der Waals surface area contributed by atoms with E-state index in [1.54, 1.807) is 11.8 Å². The minimum Gasteiger partial charge on any atom is -0.360 e. The monoisotopic (exact) mass is 236 g/mol. The molecule has 0 radical (unpaired) electrons. The number of rotatable bonds is 5. The van der Waals surface area contributed by atoms with Crippen molar-refractivity contribution in [2.45, 2.75) is 25.7 Å². The van der Waals surface area contributed by atoms with Crippen LogP contribution in [-0.2, 0) is 0 Å². The maximum absolute atomic E-state index is 7.95. The molecule has 1 rings (SSSR count). The van der Waals surface area contributed by atoms with Crippen molar-refractivity contribution >= 4 is 17.6 Å². The fraction of sp³-hybridized carbons (Fsp3) is 0.462. The Morgan fingerprint density at radius 2 is 2.00 bits per heavy atom. The van der Waals surface area contributed by atoms with Crippen molar-refractivity contribution < 1.29 is 0 Å². The maximum Gasteiger partial charge on any atom is 0.106 e. The summed E-state index contributed by atoms with van der Waals surface area (Å²) in [5.41, 5.74) is 1.28. The van der Waals surface area contributed by atoms with Crippen LogP contribution < -0.4 is 0 Å². The molecule has 0 fully saturated rings. The Morgan fingerprint density at radius 3 is 2.56 bits per heavy atom. The number of aryl methyl sites for hydroxylation is 1. The van der Waals surface area contributed by atoms with Crippen molar-refractivity contribution in [3.8, 4) is 0 Å². The van der Waals surface area contributed by atoms with Crippen molar-refractivity contribution in [1.29, 1.82) is 5.41 Å². The van der Waals surface area contributed by atoms with E-state index >= 15 is 0 Å². The van der Waals surface area contributed by atoms with Gasteiger partial charge in [-0.15, -0.1) is 11.8 Å². The smallest absolute Gasteiger partial charge is 0.106 e. The average Bonchev–Trinajstić information content (AvgIpc) is 2.28. The molecule has 0 bridgehead atoms. The highest BCUT2D eigenvalue weighted by Crippen LogP contribution is 2.19. The second-order valence-corrected chi connectivity index (χ2v) is 4.77. The molecule has 0 aliphatic rings. The van der Waals surface area contributed by atoms with Crippen LogP contribution in [0.4, 0.5) is 0 Å². The Bertz CT molecular complexity index is 346. The van der Waals surface area contributed by atoms with Crippen molar-refractivity contribution in [3.05, 3.63) is 29.8 Å². The molecule has 3 heteroatoms. The van der Waals surface area contributed by atoms with Gasteiger partial charge < -0.3 is 4.90 Å². The molecular weight excluding hydrogens is 216 g/mol. The second kappa shape index (κ2) is 6.59. The molecule has 1 N–H and O–H groups in total. The molecule has 0 aliphatic carbocycles. The predicted molar refractivity (Wildman–Crippen MR) is 72.6 cm³/mol. The first-order chi connectivity index (χ1) is 7.67. The molecular formula is C13H20N2S. The molecule has 0 unspecified atom stereocenters. The highest BCUT2D eigenvalue weighted by Gasteiger charge is 2.05. The Labute approximate surface area is 103 Å². The van der Waals surface area contributed by atoms with Gasteiger partial charge in [-0.3, -0.25) is 5.41 Å². The zero-order valence-electron chi connectivity index (χ0n) is 10.3. The fourth-order valence-corrected chi connectivity index (χ4v) is 2.48. The Hall–Kier alpha value is -0.960. The Balaban J connectivity index is 2.48. The molecule has 1 aromatic rings. The van der Waals surface area contributed by atoms with E-state index in [1.807, 2.05) is 0 Å². The molecule has 0 saturated heterocycles. The van der Waals surface area contributed by atoms with Gasteiger partial charge in [0.25, 0.3) is 0 Å².